The molecule has 0 saturated carbocycles. The summed E-state index contributed by atoms with van der Waals surface area (Å²) < 4.78 is 0. The molecular weight excluding hydrogens is 281 g/mol. The topological polar surface area (TPSA) is 37.8 Å². The van der Waals surface area contributed by atoms with Crippen LogP contribution < -0.4 is 5.32 Å². The second-order valence-corrected chi connectivity index (χ2v) is 4.99. The van der Waals surface area contributed by atoms with Crippen molar-refractivity contribution in [3.8, 4) is 0 Å². The molecule has 0 bridgehead atoms. The summed E-state index contributed by atoms with van der Waals surface area (Å²) in [6.45, 7) is 2.92. The van der Waals surface area contributed by atoms with Gasteiger partial charge in [-0.25, -0.2) is 0 Å². The SMILES string of the molecule is CCNC(Cc1ccncc1Cl)c1ccncc1Cl. The van der Waals surface area contributed by atoms with Gasteiger partial charge in [-0.3, -0.25) is 9.97 Å². The van der Waals surface area contributed by atoms with E-state index < -0.39 is 0 Å². The number of nitrogens with one attached hydrogen (secondary N) is 1. The monoisotopic (exact) mass is 295 g/mol. The van der Waals surface area contributed by atoms with Gasteiger partial charge in [-0.2, -0.15) is 0 Å². The van der Waals surface area contributed by atoms with Crippen molar-refractivity contribution in [3.63, 3.8) is 0 Å². The van der Waals surface area contributed by atoms with E-state index in [9.17, 15) is 0 Å². The highest BCUT2D eigenvalue weighted by molar-refractivity contribution is 6.31. The molecule has 2 heterocycles. The lowest BCUT2D eigenvalue weighted by Crippen LogP contribution is -2.23. The zero-order valence-corrected chi connectivity index (χ0v) is 12.1. The third kappa shape index (κ3) is 3.66. The maximum absolute atomic E-state index is 6.21. The molecule has 100 valence electrons. The molecule has 1 atom stereocenters. The zero-order valence-electron chi connectivity index (χ0n) is 10.6. The van der Waals surface area contributed by atoms with Crippen molar-refractivity contribution in [3.05, 3.63) is 58.1 Å². The summed E-state index contributed by atoms with van der Waals surface area (Å²) in [5, 5.41) is 4.77. The Morgan fingerprint density at radius 1 is 1.11 bits per heavy atom. The molecular formula is C14H15Cl2N3. The Kier molecular flexibility index (Phi) is 5.14. The number of nitrogens with zero attached hydrogens (tertiary/aromatic N) is 2. The van der Waals surface area contributed by atoms with Gasteiger partial charge in [0.25, 0.3) is 0 Å². The Hall–Kier alpha value is -1.16. The summed E-state index contributed by atoms with van der Waals surface area (Å²) in [7, 11) is 0. The Bertz CT molecular complexity index is 546. The number of aromatic nitrogens is 2. The van der Waals surface area contributed by atoms with Gasteiger partial charge in [0.05, 0.1) is 10.0 Å². The molecule has 0 fully saturated rings. The largest absolute Gasteiger partial charge is 0.310 e. The maximum Gasteiger partial charge on any atom is 0.0637 e. The number of likely N-dealkylation sites (N-methyl/N-ethyl adjacent to an activating group) is 1. The van der Waals surface area contributed by atoms with E-state index in [4.69, 9.17) is 23.2 Å². The third-order valence-electron chi connectivity index (χ3n) is 2.91. The summed E-state index contributed by atoms with van der Waals surface area (Å²) in [5.41, 5.74) is 2.09. The first kappa shape index (κ1) is 14.3. The van der Waals surface area contributed by atoms with Gasteiger partial charge in [0.2, 0.25) is 0 Å². The summed E-state index contributed by atoms with van der Waals surface area (Å²) in [6.07, 6.45) is 7.58. The molecule has 0 amide bonds. The van der Waals surface area contributed by atoms with Crippen LogP contribution >= 0.6 is 23.2 Å². The van der Waals surface area contributed by atoms with E-state index in [-0.39, 0.29) is 6.04 Å². The Balaban J connectivity index is 2.27. The molecule has 19 heavy (non-hydrogen) atoms. The molecule has 0 saturated heterocycles. The Labute approximate surface area is 123 Å². The molecule has 1 N–H and O–H groups in total. The highest BCUT2D eigenvalue weighted by Gasteiger charge is 2.15. The lowest BCUT2D eigenvalue weighted by Gasteiger charge is -2.20. The minimum Gasteiger partial charge on any atom is -0.310 e. The first-order chi connectivity index (χ1) is 9.22. The van der Waals surface area contributed by atoms with Gasteiger partial charge in [0.15, 0.2) is 0 Å². The van der Waals surface area contributed by atoms with Crippen LogP contribution in [0.3, 0.4) is 0 Å². The van der Waals surface area contributed by atoms with E-state index in [1.807, 2.05) is 12.1 Å². The molecule has 3 nitrogen and oxygen atoms in total. The van der Waals surface area contributed by atoms with E-state index in [2.05, 4.69) is 22.2 Å². The van der Waals surface area contributed by atoms with Crippen molar-refractivity contribution in [2.45, 2.75) is 19.4 Å². The molecule has 0 aliphatic rings. The van der Waals surface area contributed by atoms with Crippen molar-refractivity contribution in [2.75, 3.05) is 6.54 Å². The number of rotatable bonds is 5. The first-order valence-corrected chi connectivity index (χ1v) is 6.89. The van der Waals surface area contributed by atoms with Gasteiger partial charge in [-0.15, -0.1) is 0 Å². The number of halogens is 2. The average Bonchev–Trinajstić information content (AvgIpc) is 2.41. The first-order valence-electron chi connectivity index (χ1n) is 6.13. The molecule has 5 heteroatoms. The van der Waals surface area contributed by atoms with Gasteiger partial charge in [-0.1, -0.05) is 30.1 Å². The van der Waals surface area contributed by atoms with Gasteiger partial charge in [0, 0.05) is 30.8 Å². The van der Waals surface area contributed by atoms with Gasteiger partial charge in [0.1, 0.15) is 0 Å². The fourth-order valence-electron chi connectivity index (χ4n) is 2.00. The van der Waals surface area contributed by atoms with Crippen LogP contribution in [0.4, 0.5) is 0 Å². The average molecular weight is 296 g/mol. The summed E-state index contributed by atoms with van der Waals surface area (Å²) in [5.74, 6) is 0. The Morgan fingerprint density at radius 2 is 1.79 bits per heavy atom. The summed E-state index contributed by atoms with van der Waals surface area (Å²) >= 11 is 12.4. The van der Waals surface area contributed by atoms with E-state index in [1.165, 1.54) is 0 Å². The van der Waals surface area contributed by atoms with Gasteiger partial charge in [-0.05, 0) is 36.2 Å². The normalized spacial score (nSPS) is 12.4. The van der Waals surface area contributed by atoms with Crippen LogP contribution in [-0.2, 0) is 6.42 Å². The van der Waals surface area contributed by atoms with Crippen LogP contribution in [0.1, 0.15) is 24.1 Å². The lowest BCUT2D eigenvalue weighted by atomic mass is 10.0. The predicted octanol–water partition coefficient (Wildman–Crippen LogP) is 3.68. The fourth-order valence-corrected chi connectivity index (χ4v) is 2.44. The van der Waals surface area contributed by atoms with Crippen molar-refractivity contribution in [1.29, 1.82) is 0 Å². The van der Waals surface area contributed by atoms with Crippen molar-refractivity contribution < 1.29 is 0 Å². The van der Waals surface area contributed by atoms with Crippen LogP contribution in [0.25, 0.3) is 0 Å². The molecule has 0 aliphatic heterocycles. The molecule has 0 aliphatic carbocycles. The van der Waals surface area contributed by atoms with Crippen LogP contribution in [0.5, 0.6) is 0 Å². The van der Waals surface area contributed by atoms with Crippen LogP contribution in [0.2, 0.25) is 10.0 Å². The van der Waals surface area contributed by atoms with Crippen LogP contribution in [-0.4, -0.2) is 16.5 Å². The molecule has 0 aromatic carbocycles. The van der Waals surface area contributed by atoms with Gasteiger partial charge >= 0.3 is 0 Å². The van der Waals surface area contributed by atoms with Crippen molar-refractivity contribution in [1.82, 2.24) is 15.3 Å². The molecule has 2 aromatic rings. The second-order valence-electron chi connectivity index (χ2n) is 4.18. The number of pyridine rings is 2. The van der Waals surface area contributed by atoms with E-state index in [0.29, 0.717) is 10.0 Å². The minimum absolute atomic E-state index is 0.111. The standard InChI is InChI=1S/C14H15Cl2N3/c1-2-19-14(11-4-6-18-9-13(11)16)7-10-3-5-17-8-12(10)15/h3-6,8-9,14,19H,2,7H2,1H3. The maximum atomic E-state index is 6.21. The van der Waals surface area contributed by atoms with Crippen LogP contribution in [0, 0.1) is 0 Å². The fraction of sp³-hybridized carbons (Fsp3) is 0.286. The van der Waals surface area contributed by atoms with E-state index in [1.54, 1.807) is 24.8 Å². The zero-order chi connectivity index (χ0) is 13.7. The molecule has 2 rings (SSSR count). The highest BCUT2D eigenvalue weighted by Crippen LogP contribution is 2.27. The number of hydrogen-bond donors (Lipinski definition) is 1. The second kappa shape index (κ2) is 6.85. The van der Waals surface area contributed by atoms with E-state index in [0.717, 1.165) is 24.1 Å². The molecule has 0 radical (unpaired) electrons. The van der Waals surface area contributed by atoms with Crippen molar-refractivity contribution in [2.24, 2.45) is 0 Å². The van der Waals surface area contributed by atoms with Crippen LogP contribution in [0.15, 0.2) is 36.9 Å². The highest BCUT2D eigenvalue weighted by atomic mass is 35.5. The summed E-state index contributed by atoms with van der Waals surface area (Å²) in [6, 6.07) is 3.98. The quantitative estimate of drug-likeness (QED) is 0.914. The number of hydrogen-bond acceptors (Lipinski definition) is 3. The molecule has 0 spiro atoms. The third-order valence-corrected chi connectivity index (χ3v) is 3.57. The summed E-state index contributed by atoms with van der Waals surface area (Å²) in [4.78, 5) is 8.02. The smallest absolute Gasteiger partial charge is 0.0637 e. The minimum atomic E-state index is 0.111. The molecule has 1 unspecified atom stereocenters. The lowest BCUT2D eigenvalue weighted by molar-refractivity contribution is 0.549. The predicted molar refractivity (Wildman–Crippen MR) is 78.6 cm³/mol. The molecule has 2 aromatic heterocycles. The van der Waals surface area contributed by atoms with Gasteiger partial charge < -0.3 is 5.32 Å². The van der Waals surface area contributed by atoms with E-state index >= 15 is 0 Å². The van der Waals surface area contributed by atoms with Crippen molar-refractivity contribution >= 4 is 23.2 Å². The Morgan fingerprint density at radius 3 is 2.42 bits per heavy atom.